The van der Waals surface area contributed by atoms with Gasteiger partial charge in [-0.1, -0.05) is 0 Å². The van der Waals surface area contributed by atoms with E-state index in [0.29, 0.717) is 11.5 Å². The number of ether oxygens (including phenoxy) is 1. The normalized spacial score (nSPS) is 17.8. The summed E-state index contributed by atoms with van der Waals surface area (Å²) >= 11 is 1.74. The van der Waals surface area contributed by atoms with Gasteiger partial charge >= 0.3 is 0 Å². The van der Waals surface area contributed by atoms with Crippen LogP contribution in [0.25, 0.3) is 10.9 Å². The third kappa shape index (κ3) is 3.02. The molecule has 1 aromatic carbocycles. The highest BCUT2D eigenvalue weighted by atomic mass is 32.1. The first kappa shape index (κ1) is 16.1. The van der Waals surface area contributed by atoms with Crippen LogP contribution in [0.1, 0.15) is 39.0 Å². The van der Waals surface area contributed by atoms with Gasteiger partial charge in [0.25, 0.3) is 5.91 Å². The molecule has 0 saturated carbocycles. The first-order valence-electron chi connectivity index (χ1n) is 8.52. The molecule has 1 unspecified atom stereocenters. The van der Waals surface area contributed by atoms with Crippen molar-refractivity contribution in [1.82, 2.24) is 14.9 Å². The van der Waals surface area contributed by atoms with Gasteiger partial charge in [0.15, 0.2) is 0 Å². The Kier molecular flexibility index (Phi) is 4.21. The number of aromatic nitrogens is 2. The summed E-state index contributed by atoms with van der Waals surface area (Å²) < 4.78 is 5.30. The summed E-state index contributed by atoms with van der Waals surface area (Å²) in [7, 11) is 1.64. The second kappa shape index (κ2) is 6.52. The molecule has 0 spiro atoms. The Morgan fingerprint density at radius 1 is 1.44 bits per heavy atom. The maximum absolute atomic E-state index is 13.1. The first-order valence-corrected chi connectivity index (χ1v) is 9.34. The lowest BCUT2D eigenvalue weighted by Crippen LogP contribution is -2.39. The molecular formula is C19H21N3O2S. The third-order valence-corrected chi connectivity index (χ3v) is 5.89. The Morgan fingerprint density at radius 3 is 3.08 bits per heavy atom. The van der Waals surface area contributed by atoms with Gasteiger partial charge in [-0.15, -0.1) is 11.3 Å². The van der Waals surface area contributed by atoms with E-state index >= 15 is 0 Å². The molecule has 1 aliphatic rings. The van der Waals surface area contributed by atoms with Gasteiger partial charge in [0, 0.05) is 47.2 Å². The summed E-state index contributed by atoms with van der Waals surface area (Å²) in [5, 5.41) is 2.06. The van der Waals surface area contributed by atoms with Gasteiger partial charge < -0.3 is 14.6 Å². The predicted molar refractivity (Wildman–Crippen MR) is 99.6 cm³/mol. The summed E-state index contributed by atoms with van der Waals surface area (Å²) in [6.07, 6.45) is 5.84. The first-order chi connectivity index (χ1) is 12.2. The molecule has 4 rings (SSSR count). The molecule has 1 amide bonds. The highest BCUT2D eigenvalue weighted by Gasteiger charge is 2.28. The fraction of sp³-hybridized carbons (Fsp3) is 0.368. The number of aromatic amines is 1. The molecule has 1 aliphatic heterocycles. The number of piperidine rings is 1. The molecule has 25 heavy (non-hydrogen) atoms. The zero-order valence-electron chi connectivity index (χ0n) is 14.4. The van der Waals surface area contributed by atoms with Gasteiger partial charge in [-0.05, 0) is 38.0 Å². The number of nitrogens with zero attached hydrogens (tertiary/aromatic N) is 2. The van der Waals surface area contributed by atoms with E-state index in [2.05, 4.69) is 16.9 Å². The Bertz CT molecular complexity index is 914. The van der Waals surface area contributed by atoms with E-state index in [1.165, 1.54) is 4.88 Å². The highest BCUT2D eigenvalue weighted by molar-refractivity contribution is 7.11. The number of carbonyl (C=O) groups excluding carboxylic acids is 1. The van der Waals surface area contributed by atoms with Gasteiger partial charge in [-0.3, -0.25) is 4.79 Å². The number of methoxy groups -OCH3 is 1. The number of rotatable bonds is 3. The van der Waals surface area contributed by atoms with Gasteiger partial charge in [0.2, 0.25) is 0 Å². The topological polar surface area (TPSA) is 58.2 Å². The van der Waals surface area contributed by atoms with Crippen LogP contribution >= 0.6 is 11.3 Å². The van der Waals surface area contributed by atoms with Crippen LogP contribution in [0.15, 0.2) is 30.6 Å². The second-order valence-electron chi connectivity index (χ2n) is 6.51. The molecule has 3 heterocycles. The van der Waals surface area contributed by atoms with Crippen LogP contribution in [0, 0.1) is 6.92 Å². The number of benzene rings is 1. The number of H-pyrrole nitrogens is 1. The Morgan fingerprint density at radius 2 is 2.32 bits per heavy atom. The minimum Gasteiger partial charge on any atom is -0.497 e. The van der Waals surface area contributed by atoms with Crippen molar-refractivity contribution < 1.29 is 9.53 Å². The summed E-state index contributed by atoms with van der Waals surface area (Å²) in [6.45, 7) is 3.62. The Hall–Kier alpha value is -2.34. The van der Waals surface area contributed by atoms with Gasteiger partial charge in [0.1, 0.15) is 5.75 Å². The molecule has 2 aromatic heterocycles. The van der Waals surface area contributed by atoms with Crippen molar-refractivity contribution in [3.8, 4) is 5.75 Å². The van der Waals surface area contributed by atoms with Crippen LogP contribution in [0.4, 0.5) is 0 Å². The van der Waals surface area contributed by atoms with E-state index in [1.807, 2.05) is 35.5 Å². The van der Waals surface area contributed by atoms with Crippen LogP contribution < -0.4 is 4.74 Å². The largest absolute Gasteiger partial charge is 0.497 e. The average Bonchev–Trinajstić information content (AvgIpc) is 3.27. The fourth-order valence-electron chi connectivity index (χ4n) is 3.50. The van der Waals surface area contributed by atoms with Gasteiger partial charge in [-0.2, -0.15) is 0 Å². The van der Waals surface area contributed by atoms with Crippen molar-refractivity contribution in [2.24, 2.45) is 0 Å². The van der Waals surface area contributed by atoms with Crippen molar-refractivity contribution in [2.45, 2.75) is 25.7 Å². The van der Waals surface area contributed by atoms with E-state index in [9.17, 15) is 4.79 Å². The molecule has 5 nitrogen and oxygen atoms in total. The number of thiazole rings is 1. The number of likely N-dealkylation sites (tertiary alicyclic amines) is 1. The predicted octanol–water partition coefficient (Wildman–Crippen LogP) is 3.96. The standard InChI is InChI=1S/C19H21N3O2S/c1-12-9-21-18(25-12)13-4-3-7-22(11-13)19(23)16-10-20-17-6-5-14(24-2)8-15(16)17/h5-6,8-10,13,20H,3-4,7,11H2,1-2H3. The number of carbonyl (C=O) groups is 1. The SMILES string of the molecule is COc1ccc2[nH]cc(C(=O)N3CCCC(c4ncc(C)s4)C3)c2c1. The molecule has 0 radical (unpaired) electrons. The number of hydrogen-bond donors (Lipinski definition) is 1. The van der Waals surface area contributed by atoms with Crippen LogP contribution in [0.5, 0.6) is 5.75 Å². The summed E-state index contributed by atoms with van der Waals surface area (Å²) in [5.41, 5.74) is 1.66. The Labute approximate surface area is 150 Å². The van der Waals surface area contributed by atoms with E-state index in [-0.39, 0.29) is 5.91 Å². The van der Waals surface area contributed by atoms with Crippen molar-refractivity contribution in [1.29, 1.82) is 0 Å². The molecule has 1 atom stereocenters. The van der Waals surface area contributed by atoms with Crippen LogP contribution in [0.2, 0.25) is 0 Å². The van der Waals surface area contributed by atoms with Crippen LogP contribution in [0.3, 0.4) is 0 Å². The molecule has 6 heteroatoms. The van der Waals surface area contributed by atoms with Crippen LogP contribution in [-0.2, 0) is 0 Å². The maximum atomic E-state index is 13.1. The zero-order chi connectivity index (χ0) is 17.4. The molecule has 130 valence electrons. The minimum atomic E-state index is 0.0810. The molecule has 0 aliphatic carbocycles. The summed E-state index contributed by atoms with van der Waals surface area (Å²) in [4.78, 5) is 24.0. The second-order valence-corrected chi connectivity index (χ2v) is 7.78. The van der Waals surface area contributed by atoms with E-state index in [0.717, 1.165) is 47.6 Å². The highest BCUT2D eigenvalue weighted by Crippen LogP contribution is 2.31. The molecule has 0 bridgehead atoms. The number of fused-ring (bicyclic) bond motifs is 1. The lowest BCUT2D eigenvalue weighted by molar-refractivity contribution is 0.0709. The molecule has 1 N–H and O–H groups in total. The molecule has 1 fully saturated rings. The summed E-state index contributed by atoms with van der Waals surface area (Å²) in [6, 6.07) is 5.77. The molecule has 1 saturated heterocycles. The Balaban J connectivity index is 1.60. The molecule has 3 aromatic rings. The number of hydrogen-bond acceptors (Lipinski definition) is 4. The van der Waals surface area contributed by atoms with E-state index in [4.69, 9.17) is 4.74 Å². The monoisotopic (exact) mass is 355 g/mol. The van der Waals surface area contributed by atoms with E-state index < -0.39 is 0 Å². The smallest absolute Gasteiger partial charge is 0.256 e. The number of aryl methyl sites for hydroxylation is 1. The third-order valence-electron chi connectivity index (χ3n) is 4.82. The van der Waals surface area contributed by atoms with Crippen molar-refractivity contribution >= 4 is 28.1 Å². The van der Waals surface area contributed by atoms with Gasteiger partial charge in [0.05, 0.1) is 17.7 Å². The number of nitrogens with one attached hydrogen (secondary N) is 1. The minimum absolute atomic E-state index is 0.0810. The number of amides is 1. The average molecular weight is 355 g/mol. The van der Waals surface area contributed by atoms with Gasteiger partial charge in [-0.25, -0.2) is 4.98 Å². The van der Waals surface area contributed by atoms with E-state index in [1.54, 1.807) is 18.4 Å². The lowest BCUT2D eigenvalue weighted by Gasteiger charge is -2.31. The van der Waals surface area contributed by atoms with Crippen LogP contribution in [-0.4, -0.2) is 41.0 Å². The molecular weight excluding hydrogens is 334 g/mol. The quantitative estimate of drug-likeness (QED) is 0.774. The van der Waals surface area contributed by atoms with Crippen molar-refractivity contribution in [3.05, 3.63) is 46.0 Å². The van der Waals surface area contributed by atoms with Crippen molar-refractivity contribution in [3.63, 3.8) is 0 Å². The van der Waals surface area contributed by atoms with Crippen molar-refractivity contribution in [2.75, 3.05) is 20.2 Å². The summed E-state index contributed by atoms with van der Waals surface area (Å²) in [5.74, 6) is 1.18. The fourth-order valence-corrected chi connectivity index (χ4v) is 4.40. The maximum Gasteiger partial charge on any atom is 0.256 e. The lowest BCUT2D eigenvalue weighted by atomic mass is 9.98. The zero-order valence-corrected chi connectivity index (χ0v) is 15.2.